The van der Waals surface area contributed by atoms with Gasteiger partial charge in [0.25, 0.3) is 5.91 Å². The first kappa shape index (κ1) is 19.8. The lowest BCUT2D eigenvalue weighted by Crippen LogP contribution is -2.24. The minimum atomic E-state index is -0.228. The summed E-state index contributed by atoms with van der Waals surface area (Å²) in [6, 6.07) is 14.9. The molecule has 1 fully saturated rings. The van der Waals surface area contributed by atoms with Crippen LogP contribution < -0.4 is 10.7 Å². The number of anilines is 1. The Kier molecular flexibility index (Phi) is 6.58. The number of rotatable bonds is 5. The average Bonchev–Trinajstić information content (AvgIpc) is 2.73. The summed E-state index contributed by atoms with van der Waals surface area (Å²) >= 11 is 0. The predicted molar refractivity (Wildman–Crippen MR) is 113 cm³/mol. The van der Waals surface area contributed by atoms with Gasteiger partial charge in [0.05, 0.1) is 5.71 Å². The zero-order chi connectivity index (χ0) is 19.9. The highest BCUT2D eigenvalue weighted by Gasteiger charge is 2.20. The first-order chi connectivity index (χ1) is 13.5. The van der Waals surface area contributed by atoms with Gasteiger partial charge in [-0.3, -0.25) is 9.59 Å². The van der Waals surface area contributed by atoms with E-state index in [2.05, 4.69) is 15.8 Å². The molecule has 28 heavy (non-hydrogen) atoms. The molecule has 5 heteroatoms. The average molecular weight is 377 g/mol. The maximum atomic E-state index is 12.3. The number of nitrogens with one attached hydrogen (secondary N) is 2. The van der Waals surface area contributed by atoms with Crippen molar-refractivity contribution in [3.8, 4) is 0 Å². The van der Waals surface area contributed by atoms with Gasteiger partial charge in [-0.15, -0.1) is 0 Å². The highest BCUT2D eigenvalue weighted by Crippen LogP contribution is 2.25. The van der Waals surface area contributed by atoms with Crippen LogP contribution in [0.15, 0.2) is 53.6 Å². The number of hydrogen-bond acceptors (Lipinski definition) is 3. The molecule has 2 aromatic carbocycles. The summed E-state index contributed by atoms with van der Waals surface area (Å²) in [6.45, 7) is 3.74. The van der Waals surface area contributed by atoms with Crippen molar-refractivity contribution in [2.45, 2.75) is 46.0 Å². The summed E-state index contributed by atoms with van der Waals surface area (Å²) in [4.78, 5) is 24.6. The number of amides is 2. The molecular formula is C23H27N3O2. The number of benzene rings is 2. The molecule has 0 spiro atoms. The number of carbonyl (C=O) groups is 2. The molecule has 146 valence electrons. The van der Waals surface area contributed by atoms with Crippen LogP contribution in [-0.2, 0) is 4.79 Å². The lowest BCUT2D eigenvalue weighted by molar-refractivity contribution is -0.120. The van der Waals surface area contributed by atoms with Crippen LogP contribution in [-0.4, -0.2) is 17.5 Å². The zero-order valence-electron chi connectivity index (χ0n) is 16.5. The monoisotopic (exact) mass is 377 g/mol. The first-order valence-electron chi connectivity index (χ1n) is 9.86. The maximum Gasteiger partial charge on any atom is 0.271 e. The molecular weight excluding hydrogens is 350 g/mol. The largest absolute Gasteiger partial charge is 0.326 e. The van der Waals surface area contributed by atoms with Crippen molar-refractivity contribution in [1.29, 1.82) is 0 Å². The third-order valence-corrected chi connectivity index (χ3v) is 5.26. The van der Waals surface area contributed by atoms with Gasteiger partial charge < -0.3 is 5.32 Å². The van der Waals surface area contributed by atoms with Gasteiger partial charge in [0.2, 0.25) is 5.91 Å². The molecule has 2 amide bonds. The molecule has 1 aliphatic carbocycles. The predicted octanol–water partition coefficient (Wildman–Crippen LogP) is 4.67. The number of hydrazone groups is 1. The second kappa shape index (κ2) is 9.31. The van der Waals surface area contributed by atoms with Crippen LogP contribution in [0.25, 0.3) is 0 Å². The SMILES string of the molecule is C/C(=N/NC(=O)c1ccccc1C)c1ccc(NC(=O)C2CCCCC2)cc1. The van der Waals surface area contributed by atoms with Crippen LogP contribution in [0.4, 0.5) is 5.69 Å². The molecule has 1 saturated carbocycles. The van der Waals surface area contributed by atoms with Gasteiger partial charge in [-0.25, -0.2) is 5.43 Å². The number of aryl methyl sites for hydroxylation is 1. The summed E-state index contributed by atoms with van der Waals surface area (Å²) < 4.78 is 0. The molecule has 2 aromatic rings. The molecule has 3 rings (SSSR count). The topological polar surface area (TPSA) is 70.6 Å². The standard InChI is InChI=1S/C23H27N3O2/c1-16-8-6-7-11-21(16)23(28)26-25-17(2)18-12-14-20(15-13-18)24-22(27)19-9-4-3-5-10-19/h6-8,11-15,19H,3-5,9-10H2,1-2H3,(H,24,27)(H,26,28)/b25-17-. The van der Waals surface area contributed by atoms with Gasteiger partial charge in [-0.1, -0.05) is 49.6 Å². The van der Waals surface area contributed by atoms with Crippen molar-refractivity contribution in [3.63, 3.8) is 0 Å². The lowest BCUT2D eigenvalue weighted by atomic mass is 9.88. The minimum Gasteiger partial charge on any atom is -0.326 e. The van der Waals surface area contributed by atoms with Crippen LogP contribution >= 0.6 is 0 Å². The second-order valence-corrected chi connectivity index (χ2v) is 7.35. The minimum absolute atomic E-state index is 0.114. The van der Waals surface area contributed by atoms with Crippen molar-refractivity contribution in [3.05, 3.63) is 65.2 Å². The number of nitrogens with zero attached hydrogens (tertiary/aromatic N) is 1. The smallest absolute Gasteiger partial charge is 0.271 e. The Morgan fingerprint density at radius 1 is 0.964 bits per heavy atom. The number of hydrogen-bond donors (Lipinski definition) is 2. The molecule has 0 aromatic heterocycles. The summed E-state index contributed by atoms with van der Waals surface area (Å²) in [6.07, 6.45) is 5.48. The van der Waals surface area contributed by atoms with E-state index in [0.29, 0.717) is 11.3 Å². The molecule has 0 radical (unpaired) electrons. The van der Waals surface area contributed by atoms with Gasteiger partial charge in [0, 0.05) is 17.2 Å². The first-order valence-corrected chi connectivity index (χ1v) is 9.86. The summed E-state index contributed by atoms with van der Waals surface area (Å²) in [5, 5.41) is 7.21. The molecule has 1 aliphatic rings. The third kappa shape index (κ3) is 5.06. The highest BCUT2D eigenvalue weighted by atomic mass is 16.2. The molecule has 0 heterocycles. The summed E-state index contributed by atoms with van der Waals surface area (Å²) in [5.74, 6) is 0.0190. The second-order valence-electron chi connectivity index (χ2n) is 7.35. The fraction of sp³-hybridized carbons (Fsp3) is 0.348. The van der Waals surface area contributed by atoms with Crippen LogP contribution in [0.3, 0.4) is 0 Å². The normalized spacial score (nSPS) is 15.1. The number of carbonyl (C=O) groups excluding carboxylic acids is 2. The fourth-order valence-electron chi connectivity index (χ4n) is 3.49. The summed E-state index contributed by atoms with van der Waals surface area (Å²) in [7, 11) is 0. The third-order valence-electron chi connectivity index (χ3n) is 5.26. The van der Waals surface area contributed by atoms with Crippen molar-refractivity contribution in [1.82, 2.24) is 5.43 Å². The van der Waals surface area contributed by atoms with E-state index < -0.39 is 0 Å². The van der Waals surface area contributed by atoms with Gasteiger partial charge >= 0.3 is 0 Å². The van der Waals surface area contributed by atoms with Crippen molar-refractivity contribution in [2.75, 3.05) is 5.32 Å². The Hall–Kier alpha value is -2.95. The Morgan fingerprint density at radius 3 is 2.32 bits per heavy atom. The molecule has 0 unspecified atom stereocenters. The molecule has 2 N–H and O–H groups in total. The Morgan fingerprint density at radius 2 is 1.64 bits per heavy atom. The Labute approximate surface area is 166 Å². The quantitative estimate of drug-likeness (QED) is 0.587. The van der Waals surface area contributed by atoms with Crippen LogP contribution in [0, 0.1) is 12.8 Å². The van der Waals surface area contributed by atoms with E-state index in [9.17, 15) is 9.59 Å². The fourth-order valence-corrected chi connectivity index (χ4v) is 3.49. The molecule has 0 bridgehead atoms. The maximum absolute atomic E-state index is 12.3. The van der Waals surface area contributed by atoms with Crippen molar-refractivity contribution in [2.24, 2.45) is 11.0 Å². The van der Waals surface area contributed by atoms with Gasteiger partial charge in [-0.2, -0.15) is 5.10 Å². The van der Waals surface area contributed by atoms with Gasteiger partial charge in [-0.05, 0) is 56.0 Å². The van der Waals surface area contributed by atoms with Crippen LogP contribution in [0.5, 0.6) is 0 Å². The Bertz CT molecular complexity index is 866. The van der Waals surface area contributed by atoms with E-state index in [1.54, 1.807) is 6.07 Å². The highest BCUT2D eigenvalue weighted by molar-refractivity contribution is 6.01. The Balaban J connectivity index is 1.59. The van der Waals surface area contributed by atoms with E-state index >= 15 is 0 Å². The molecule has 0 aliphatic heterocycles. The van der Waals surface area contributed by atoms with E-state index in [1.165, 1.54) is 6.42 Å². The van der Waals surface area contributed by atoms with E-state index in [0.717, 1.165) is 42.5 Å². The van der Waals surface area contributed by atoms with E-state index in [-0.39, 0.29) is 17.7 Å². The van der Waals surface area contributed by atoms with Gasteiger partial charge in [0.1, 0.15) is 0 Å². The van der Waals surface area contributed by atoms with E-state index in [4.69, 9.17) is 0 Å². The van der Waals surface area contributed by atoms with Crippen molar-refractivity contribution < 1.29 is 9.59 Å². The molecule has 0 atom stereocenters. The molecule has 5 nitrogen and oxygen atoms in total. The summed E-state index contributed by atoms with van der Waals surface area (Å²) in [5.41, 5.74) is 6.50. The van der Waals surface area contributed by atoms with E-state index in [1.807, 2.05) is 56.3 Å². The van der Waals surface area contributed by atoms with Crippen molar-refractivity contribution >= 4 is 23.2 Å². The van der Waals surface area contributed by atoms with Crippen LogP contribution in [0.2, 0.25) is 0 Å². The van der Waals surface area contributed by atoms with Gasteiger partial charge in [0.15, 0.2) is 0 Å². The van der Waals surface area contributed by atoms with Crippen LogP contribution in [0.1, 0.15) is 60.5 Å². The molecule has 0 saturated heterocycles. The zero-order valence-corrected chi connectivity index (χ0v) is 16.5. The lowest BCUT2D eigenvalue weighted by Gasteiger charge is -2.20.